The molecule has 102 valence electrons. The van der Waals surface area contributed by atoms with Gasteiger partial charge < -0.3 is 10.2 Å². The fourth-order valence-electron chi connectivity index (χ4n) is 2.04. The highest BCUT2D eigenvalue weighted by molar-refractivity contribution is 5.53. The molecule has 1 aromatic rings. The Hall–Kier alpha value is -1.09. The van der Waals surface area contributed by atoms with Crippen molar-refractivity contribution in [2.24, 2.45) is 0 Å². The van der Waals surface area contributed by atoms with Crippen LogP contribution in [-0.2, 0) is 6.54 Å². The maximum Gasteiger partial charge on any atom is 0.123 e. The molecule has 2 nitrogen and oxygen atoms in total. The van der Waals surface area contributed by atoms with Crippen LogP contribution < -0.4 is 10.2 Å². The maximum atomic E-state index is 13.4. The Balaban J connectivity index is 2.93. The normalized spacial score (nSPS) is 11.0. The van der Waals surface area contributed by atoms with Crippen molar-refractivity contribution in [3.8, 4) is 0 Å². The molecule has 3 heteroatoms. The molecule has 0 aromatic heterocycles. The molecule has 0 spiro atoms. The van der Waals surface area contributed by atoms with Gasteiger partial charge in [0.05, 0.1) is 0 Å². The summed E-state index contributed by atoms with van der Waals surface area (Å²) < 4.78 is 13.4. The topological polar surface area (TPSA) is 15.3 Å². The molecular formula is C15H25FN2. The summed E-state index contributed by atoms with van der Waals surface area (Å²) in [6.07, 6.45) is 1.10. The van der Waals surface area contributed by atoms with Crippen LogP contribution in [0.4, 0.5) is 10.1 Å². The molecule has 0 bridgehead atoms. The highest BCUT2D eigenvalue weighted by Crippen LogP contribution is 2.22. The van der Waals surface area contributed by atoms with Crippen molar-refractivity contribution in [3.63, 3.8) is 0 Å². The van der Waals surface area contributed by atoms with E-state index in [9.17, 15) is 4.39 Å². The smallest absolute Gasteiger partial charge is 0.123 e. The quantitative estimate of drug-likeness (QED) is 0.798. The van der Waals surface area contributed by atoms with E-state index in [2.05, 4.69) is 37.9 Å². The van der Waals surface area contributed by atoms with Gasteiger partial charge >= 0.3 is 0 Å². The molecule has 0 heterocycles. The minimum Gasteiger partial charge on any atom is -0.372 e. The summed E-state index contributed by atoms with van der Waals surface area (Å²) >= 11 is 0. The molecule has 0 aliphatic heterocycles. The van der Waals surface area contributed by atoms with Crippen LogP contribution in [0.15, 0.2) is 18.2 Å². The Kier molecular flexibility index (Phi) is 6.13. The second-order valence-corrected chi connectivity index (χ2v) is 4.89. The van der Waals surface area contributed by atoms with E-state index in [0.29, 0.717) is 12.6 Å². The molecule has 1 aromatic carbocycles. The zero-order valence-electron chi connectivity index (χ0n) is 12.0. The fraction of sp³-hybridized carbons (Fsp3) is 0.600. The Morgan fingerprint density at radius 2 is 2.00 bits per heavy atom. The standard InChI is InChI=1S/C15H25FN2/c1-5-9-18(6-2)15-8-7-14(16)10-13(15)11-17-12(3)4/h7-8,10,12,17H,5-6,9,11H2,1-4H3. The molecule has 0 fully saturated rings. The van der Waals surface area contributed by atoms with Crippen LogP contribution in [0, 0.1) is 5.82 Å². The Bertz CT molecular complexity index is 364. The van der Waals surface area contributed by atoms with Gasteiger partial charge in [-0.05, 0) is 37.1 Å². The monoisotopic (exact) mass is 252 g/mol. The first-order chi connectivity index (χ1) is 8.58. The highest BCUT2D eigenvalue weighted by atomic mass is 19.1. The predicted octanol–water partition coefficient (Wildman–Crippen LogP) is 3.56. The average molecular weight is 252 g/mol. The van der Waals surface area contributed by atoms with E-state index < -0.39 is 0 Å². The first-order valence-electron chi connectivity index (χ1n) is 6.85. The first kappa shape index (κ1) is 15.0. The number of rotatable bonds is 7. The van der Waals surface area contributed by atoms with Gasteiger partial charge in [0, 0.05) is 31.4 Å². The number of benzene rings is 1. The summed E-state index contributed by atoms with van der Waals surface area (Å²) in [6, 6.07) is 5.49. The molecule has 0 saturated heterocycles. The summed E-state index contributed by atoms with van der Waals surface area (Å²) in [5, 5.41) is 3.36. The van der Waals surface area contributed by atoms with Crippen LogP contribution in [0.25, 0.3) is 0 Å². The van der Waals surface area contributed by atoms with Crippen LogP contribution in [-0.4, -0.2) is 19.1 Å². The lowest BCUT2D eigenvalue weighted by atomic mass is 10.1. The molecule has 0 saturated carbocycles. The van der Waals surface area contributed by atoms with E-state index in [0.717, 1.165) is 30.8 Å². The van der Waals surface area contributed by atoms with E-state index in [-0.39, 0.29) is 5.82 Å². The van der Waals surface area contributed by atoms with Gasteiger partial charge in [0.1, 0.15) is 5.82 Å². The summed E-state index contributed by atoms with van der Waals surface area (Å²) in [6.45, 7) is 11.2. The number of hydrogen-bond acceptors (Lipinski definition) is 2. The van der Waals surface area contributed by atoms with Crippen molar-refractivity contribution in [1.29, 1.82) is 0 Å². The van der Waals surface area contributed by atoms with Gasteiger partial charge in [0.25, 0.3) is 0 Å². The minimum absolute atomic E-state index is 0.160. The molecule has 0 unspecified atom stereocenters. The van der Waals surface area contributed by atoms with Crippen LogP contribution >= 0.6 is 0 Å². The first-order valence-corrected chi connectivity index (χ1v) is 6.85. The number of anilines is 1. The van der Waals surface area contributed by atoms with Gasteiger partial charge in [-0.1, -0.05) is 20.8 Å². The van der Waals surface area contributed by atoms with Gasteiger partial charge in [-0.3, -0.25) is 0 Å². The maximum absolute atomic E-state index is 13.4. The lowest BCUT2D eigenvalue weighted by molar-refractivity contribution is 0.580. The Labute approximate surface area is 110 Å². The summed E-state index contributed by atoms with van der Waals surface area (Å²) in [7, 11) is 0. The third-order valence-corrected chi connectivity index (χ3v) is 2.96. The molecule has 18 heavy (non-hydrogen) atoms. The van der Waals surface area contributed by atoms with E-state index in [4.69, 9.17) is 0 Å². The second kappa shape index (κ2) is 7.37. The fourth-order valence-corrected chi connectivity index (χ4v) is 2.04. The summed E-state index contributed by atoms with van der Waals surface area (Å²) in [4.78, 5) is 2.30. The van der Waals surface area contributed by atoms with Crippen molar-refractivity contribution in [2.45, 2.75) is 46.7 Å². The minimum atomic E-state index is -0.160. The zero-order valence-corrected chi connectivity index (χ0v) is 12.0. The predicted molar refractivity (Wildman–Crippen MR) is 76.6 cm³/mol. The summed E-state index contributed by atoms with van der Waals surface area (Å²) in [5.41, 5.74) is 2.19. The van der Waals surface area contributed by atoms with Crippen LogP contribution in [0.3, 0.4) is 0 Å². The molecule has 0 aliphatic carbocycles. The third kappa shape index (κ3) is 4.30. The van der Waals surface area contributed by atoms with Crippen LogP contribution in [0.5, 0.6) is 0 Å². The number of nitrogens with zero attached hydrogens (tertiary/aromatic N) is 1. The average Bonchev–Trinajstić information content (AvgIpc) is 2.34. The van der Waals surface area contributed by atoms with Crippen LogP contribution in [0.1, 0.15) is 39.7 Å². The van der Waals surface area contributed by atoms with Crippen molar-refractivity contribution in [2.75, 3.05) is 18.0 Å². The lowest BCUT2D eigenvalue weighted by Crippen LogP contribution is -2.27. The van der Waals surface area contributed by atoms with Crippen molar-refractivity contribution in [3.05, 3.63) is 29.6 Å². The van der Waals surface area contributed by atoms with Crippen LogP contribution in [0.2, 0.25) is 0 Å². The zero-order chi connectivity index (χ0) is 13.5. The van der Waals surface area contributed by atoms with Gasteiger partial charge in [0.2, 0.25) is 0 Å². The van der Waals surface area contributed by atoms with Crippen molar-refractivity contribution in [1.82, 2.24) is 5.32 Å². The van der Waals surface area contributed by atoms with Gasteiger partial charge in [-0.25, -0.2) is 4.39 Å². The van der Waals surface area contributed by atoms with Crippen molar-refractivity contribution >= 4 is 5.69 Å². The molecule has 1 rings (SSSR count). The SMILES string of the molecule is CCCN(CC)c1ccc(F)cc1CNC(C)C. The molecule has 0 atom stereocenters. The Morgan fingerprint density at radius 1 is 1.28 bits per heavy atom. The molecule has 0 amide bonds. The Morgan fingerprint density at radius 3 is 2.56 bits per heavy atom. The second-order valence-electron chi connectivity index (χ2n) is 4.89. The molecule has 0 radical (unpaired) electrons. The summed E-state index contributed by atoms with van der Waals surface area (Å²) in [5.74, 6) is -0.160. The molecular weight excluding hydrogens is 227 g/mol. The van der Waals surface area contributed by atoms with Crippen molar-refractivity contribution < 1.29 is 4.39 Å². The number of halogens is 1. The van der Waals surface area contributed by atoms with E-state index in [1.54, 1.807) is 12.1 Å². The van der Waals surface area contributed by atoms with Gasteiger partial charge in [-0.15, -0.1) is 0 Å². The largest absolute Gasteiger partial charge is 0.372 e. The van der Waals surface area contributed by atoms with E-state index in [1.165, 1.54) is 0 Å². The third-order valence-electron chi connectivity index (χ3n) is 2.96. The number of hydrogen-bond donors (Lipinski definition) is 1. The lowest BCUT2D eigenvalue weighted by Gasteiger charge is -2.26. The molecule has 0 aliphatic rings. The number of nitrogens with one attached hydrogen (secondary N) is 1. The van der Waals surface area contributed by atoms with E-state index >= 15 is 0 Å². The van der Waals surface area contributed by atoms with Gasteiger partial charge in [-0.2, -0.15) is 0 Å². The molecule has 1 N–H and O–H groups in total. The van der Waals surface area contributed by atoms with Gasteiger partial charge in [0.15, 0.2) is 0 Å². The highest BCUT2D eigenvalue weighted by Gasteiger charge is 2.10. The van der Waals surface area contributed by atoms with E-state index in [1.807, 2.05) is 6.07 Å².